The van der Waals surface area contributed by atoms with E-state index in [0.29, 0.717) is 22.7 Å². The molecule has 1 heterocycles. The lowest BCUT2D eigenvalue weighted by atomic mass is 10.1. The number of carbonyl (C=O) groups is 3. The van der Waals surface area contributed by atoms with Gasteiger partial charge in [-0.1, -0.05) is 49.6 Å². The number of carbonyl (C=O) groups excluding carboxylic acids is 2. The maximum absolute atomic E-state index is 12.2. The number of hydrogen-bond acceptors (Lipinski definition) is 4. The average molecular weight is 383 g/mol. The normalized spacial score (nSPS) is 11.9. The van der Waals surface area contributed by atoms with Crippen LogP contribution in [0.2, 0.25) is 5.02 Å². The molecule has 1 atom stereocenters. The van der Waals surface area contributed by atoms with E-state index in [4.69, 9.17) is 16.7 Å². The number of nitrogens with one attached hydrogen (secondary N) is 2. The highest BCUT2D eigenvalue weighted by Gasteiger charge is 2.21. The molecule has 8 heteroatoms. The molecule has 2 rings (SSSR count). The van der Waals surface area contributed by atoms with Crippen LogP contribution in [0.5, 0.6) is 0 Å². The van der Waals surface area contributed by atoms with Crippen LogP contribution in [0.3, 0.4) is 0 Å². The summed E-state index contributed by atoms with van der Waals surface area (Å²) in [6.45, 7) is 1.63. The van der Waals surface area contributed by atoms with Crippen molar-refractivity contribution in [1.82, 2.24) is 10.6 Å². The number of aliphatic carboxylic acids is 1. The van der Waals surface area contributed by atoms with Gasteiger partial charge in [-0.05, 0) is 12.5 Å². The lowest BCUT2D eigenvalue weighted by Gasteiger charge is -2.14. The number of carboxylic acid groups (broad SMARTS) is 1. The summed E-state index contributed by atoms with van der Waals surface area (Å²) in [5.41, 5.74) is 0. The van der Waals surface area contributed by atoms with Crippen LogP contribution in [0.15, 0.2) is 24.3 Å². The summed E-state index contributed by atoms with van der Waals surface area (Å²) in [6.07, 6.45) is 1.88. The van der Waals surface area contributed by atoms with Gasteiger partial charge in [-0.25, -0.2) is 4.79 Å². The number of thiophene rings is 1. The first kappa shape index (κ1) is 19.2. The van der Waals surface area contributed by atoms with Crippen molar-refractivity contribution in [1.29, 1.82) is 0 Å². The molecule has 25 heavy (non-hydrogen) atoms. The molecular weight excluding hydrogens is 364 g/mol. The molecule has 0 saturated heterocycles. The Morgan fingerprint density at radius 1 is 1.28 bits per heavy atom. The number of fused-ring (bicyclic) bond motifs is 1. The SMILES string of the molecule is CCCCC(NC(=O)CNC(=O)c1sc2ccccc2c1Cl)C(=O)O. The molecule has 134 valence electrons. The van der Waals surface area contributed by atoms with Gasteiger partial charge in [0.15, 0.2) is 0 Å². The number of benzene rings is 1. The Morgan fingerprint density at radius 3 is 2.64 bits per heavy atom. The summed E-state index contributed by atoms with van der Waals surface area (Å²) in [4.78, 5) is 35.6. The van der Waals surface area contributed by atoms with Crippen molar-refractivity contribution in [3.8, 4) is 0 Å². The van der Waals surface area contributed by atoms with E-state index in [0.717, 1.165) is 16.5 Å². The third kappa shape index (κ3) is 4.93. The molecule has 1 unspecified atom stereocenters. The lowest BCUT2D eigenvalue weighted by Crippen LogP contribution is -2.45. The molecule has 0 radical (unpaired) electrons. The van der Waals surface area contributed by atoms with Crippen LogP contribution in [0.1, 0.15) is 35.9 Å². The number of carboxylic acids is 1. The Hall–Kier alpha value is -2.12. The predicted molar refractivity (Wildman–Crippen MR) is 98.3 cm³/mol. The van der Waals surface area contributed by atoms with Crippen LogP contribution in [-0.4, -0.2) is 35.5 Å². The van der Waals surface area contributed by atoms with Crippen LogP contribution >= 0.6 is 22.9 Å². The highest BCUT2D eigenvalue weighted by molar-refractivity contribution is 7.21. The minimum atomic E-state index is -1.08. The first-order valence-electron chi connectivity index (χ1n) is 7.91. The Balaban J connectivity index is 1.95. The Kier molecular flexibility index (Phi) is 6.78. The van der Waals surface area contributed by atoms with Gasteiger partial charge in [0, 0.05) is 10.1 Å². The number of halogens is 1. The van der Waals surface area contributed by atoms with Crippen molar-refractivity contribution in [2.45, 2.75) is 32.2 Å². The van der Waals surface area contributed by atoms with Crippen molar-refractivity contribution in [3.05, 3.63) is 34.2 Å². The topological polar surface area (TPSA) is 95.5 Å². The molecule has 0 spiro atoms. The zero-order chi connectivity index (χ0) is 18.4. The van der Waals surface area contributed by atoms with Gasteiger partial charge in [-0.15, -0.1) is 11.3 Å². The fraction of sp³-hybridized carbons (Fsp3) is 0.353. The van der Waals surface area contributed by atoms with Crippen LogP contribution in [0.4, 0.5) is 0 Å². The zero-order valence-electron chi connectivity index (χ0n) is 13.7. The Bertz CT molecular complexity index is 790. The maximum atomic E-state index is 12.2. The molecule has 0 fully saturated rings. The molecule has 0 aliphatic heterocycles. The van der Waals surface area contributed by atoms with Gasteiger partial charge in [-0.2, -0.15) is 0 Å². The van der Waals surface area contributed by atoms with Crippen LogP contribution in [-0.2, 0) is 9.59 Å². The van der Waals surface area contributed by atoms with E-state index in [1.54, 1.807) is 0 Å². The summed E-state index contributed by atoms with van der Waals surface area (Å²) in [6, 6.07) is 6.42. The van der Waals surface area contributed by atoms with Gasteiger partial charge in [0.2, 0.25) is 5.91 Å². The molecule has 0 saturated carbocycles. The Labute approximate surface area is 154 Å². The molecule has 0 bridgehead atoms. The average Bonchev–Trinajstić information content (AvgIpc) is 2.93. The molecule has 6 nitrogen and oxygen atoms in total. The van der Waals surface area contributed by atoms with Gasteiger partial charge < -0.3 is 15.7 Å². The monoisotopic (exact) mass is 382 g/mol. The van der Waals surface area contributed by atoms with Crippen molar-refractivity contribution >= 4 is 50.8 Å². The third-order valence-corrected chi connectivity index (χ3v) is 5.30. The van der Waals surface area contributed by atoms with Gasteiger partial charge in [0.1, 0.15) is 10.9 Å². The summed E-state index contributed by atoms with van der Waals surface area (Å²) in [7, 11) is 0. The second-order valence-corrected chi connectivity index (χ2v) is 6.95. The largest absolute Gasteiger partial charge is 0.480 e. The highest BCUT2D eigenvalue weighted by atomic mass is 35.5. The second kappa shape index (κ2) is 8.82. The van der Waals surface area contributed by atoms with E-state index in [9.17, 15) is 14.4 Å². The molecule has 1 aromatic carbocycles. The van der Waals surface area contributed by atoms with Crippen LogP contribution < -0.4 is 10.6 Å². The lowest BCUT2D eigenvalue weighted by molar-refractivity contribution is -0.141. The summed E-state index contributed by atoms with van der Waals surface area (Å²) in [5, 5.41) is 15.1. The van der Waals surface area contributed by atoms with Crippen molar-refractivity contribution in [2.75, 3.05) is 6.54 Å². The molecule has 0 aliphatic carbocycles. The van der Waals surface area contributed by atoms with Gasteiger partial charge in [0.25, 0.3) is 5.91 Å². The van der Waals surface area contributed by atoms with Crippen molar-refractivity contribution < 1.29 is 19.5 Å². The minimum absolute atomic E-state index is 0.306. The van der Waals surface area contributed by atoms with Crippen molar-refractivity contribution in [3.63, 3.8) is 0 Å². The molecule has 3 N–H and O–H groups in total. The zero-order valence-corrected chi connectivity index (χ0v) is 15.2. The molecule has 1 aromatic heterocycles. The Morgan fingerprint density at radius 2 is 2.00 bits per heavy atom. The number of amides is 2. The highest BCUT2D eigenvalue weighted by Crippen LogP contribution is 2.34. The number of rotatable bonds is 8. The third-order valence-electron chi connectivity index (χ3n) is 3.63. The van der Waals surface area contributed by atoms with E-state index in [1.165, 1.54) is 11.3 Å². The van der Waals surface area contributed by atoms with Crippen LogP contribution in [0, 0.1) is 0 Å². The summed E-state index contributed by atoms with van der Waals surface area (Å²) in [5.74, 6) is -2.09. The minimum Gasteiger partial charge on any atom is -0.480 e. The first-order chi connectivity index (χ1) is 11.9. The molecule has 2 aromatic rings. The molecular formula is C17H19ClN2O4S. The fourth-order valence-electron chi connectivity index (χ4n) is 2.31. The summed E-state index contributed by atoms with van der Waals surface area (Å²) < 4.78 is 0.882. The fourth-order valence-corrected chi connectivity index (χ4v) is 3.75. The standard InChI is InChI=1S/C17H19ClN2O4S/c1-2-3-7-11(17(23)24)20-13(21)9-19-16(22)15-14(18)10-6-4-5-8-12(10)25-15/h4-6,8,11H,2-3,7,9H2,1H3,(H,19,22)(H,20,21)(H,23,24). The van der Waals surface area contributed by atoms with E-state index in [1.807, 2.05) is 31.2 Å². The van der Waals surface area contributed by atoms with E-state index >= 15 is 0 Å². The second-order valence-electron chi connectivity index (χ2n) is 5.52. The first-order valence-corrected chi connectivity index (χ1v) is 9.10. The number of unbranched alkanes of at least 4 members (excludes halogenated alkanes) is 1. The van der Waals surface area contributed by atoms with Gasteiger partial charge in [-0.3, -0.25) is 9.59 Å². The predicted octanol–water partition coefficient (Wildman–Crippen LogP) is 3.04. The van der Waals surface area contributed by atoms with E-state index in [2.05, 4.69) is 10.6 Å². The van der Waals surface area contributed by atoms with E-state index in [-0.39, 0.29) is 6.54 Å². The summed E-state index contributed by atoms with van der Waals surface area (Å²) >= 11 is 7.47. The van der Waals surface area contributed by atoms with Gasteiger partial charge >= 0.3 is 5.97 Å². The quantitative estimate of drug-likeness (QED) is 0.653. The number of hydrogen-bond donors (Lipinski definition) is 3. The smallest absolute Gasteiger partial charge is 0.326 e. The van der Waals surface area contributed by atoms with Crippen LogP contribution in [0.25, 0.3) is 10.1 Å². The van der Waals surface area contributed by atoms with Gasteiger partial charge in [0.05, 0.1) is 11.6 Å². The molecule has 0 aliphatic rings. The molecule has 2 amide bonds. The van der Waals surface area contributed by atoms with E-state index < -0.39 is 23.8 Å². The van der Waals surface area contributed by atoms with Crippen molar-refractivity contribution in [2.24, 2.45) is 0 Å². The maximum Gasteiger partial charge on any atom is 0.326 e.